The molecule has 1 unspecified atom stereocenters. The normalized spacial score (nSPS) is 12.9. The topological polar surface area (TPSA) is 38.7 Å². The van der Waals surface area contributed by atoms with E-state index in [2.05, 4.69) is 21.9 Å². The highest BCUT2D eigenvalue weighted by molar-refractivity contribution is 6.20. The van der Waals surface area contributed by atoms with Crippen molar-refractivity contribution in [1.29, 1.82) is 0 Å². The molecule has 1 aromatic rings. The molecule has 3 nitrogen and oxygen atoms in total. The van der Waals surface area contributed by atoms with Gasteiger partial charge < -0.3 is 0 Å². The van der Waals surface area contributed by atoms with Crippen LogP contribution in [0.4, 0.5) is 0 Å². The van der Waals surface area contributed by atoms with Gasteiger partial charge in [0.1, 0.15) is 18.5 Å². The summed E-state index contributed by atoms with van der Waals surface area (Å²) >= 11 is 5.95. The van der Waals surface area contributed by atoms with E-state index in [9.17, 15) is 0 Å². The van der Waals surface area contributed by atoms with Crippen LogP contribution in [0.3, 0.4) is 0 Å². The standard InChI is InChI=1S/C7H10ClN3/c1-2-3-6(8)7-10-4-9-5-11-7/h4-6H,2-3H2,1H3. The van der Waals surface area contributed by atoms with Crippen molar-refractivity contribution in [2.24, 2.45) is 0 Å². The van der Waals surface area contributed by atoms with Gasteiger partial charge in [0.05, 0.1) is 5.38 Å². The van der Waals surface area contributed by atoms with Gasteiger partial charge in [-0.05, 0) is 6.42 Å². The second kappa shape index (κ2) is 4.23. The van der Waals surface area contributed by atoms with E-state index in [4.69, 9.17) is 11.6 Å². The molecule has 4 heteroatoms. The minimum absolute atomic E-state index is 0.0667. The number of hydrogen-bond acceptors (Lipinski definition) is 3. The van der Waals surface area contributed by atoms with Crippen molar-refractivity contribution < 1.29 is 0 Å². The number of rotatable bonds is 3. The zero-order valence-electron chi connectivity index (χ0n) is 6.37. The van der Waals surface area contributed by atoms with Crippen LogP contribution in [0.1, 0.15) is 31.0 Å². The van der Waals surface area contributed by atoms with E-state index in [1.807, 2.05) is 0 Å². The van der Waals surface area contributed by atoms with Gasteiger partial charge in [-0.3, -0.25) is 0 Å². The quantitative estimate of drug-likeness (QED) is 0.653. The lowest BCUT2D eigenvalue weighted by molar-refractivity contribution is 0.720. The third-order valence-corrected chi connectivity index (χ3v) is 1.75. The molecule has 0 aliphatic carbocycles. The molecule has 1 rings (SSSR count). The van der Waals surface area contributed by atoms with Crippen LogP contribution in [-0.4, -0.2) is 15.0 Å². The second-order valence-corrected chi connectivity index (χ2v) is 2.78. The Hall–Kier alpha value is -0.700. The highest BCUT2D eigenvalue weighted by Crippen LogP contribution is 2.20. The van der Waals surface area contributed by atoms with Crippen molar-refractivity contribution in [1.82, 2.24) is 15.0 Å². The van der Waals surface area contributed by atoms with Gasteiger partial charge in [-0.15, -0.1) is 11.6 Å². The van der Waals surface area contributed by atoms with Gasteiger partial charge in [-0.25, -0.2) is 15.0 Å². The summed E-state index contributed by atoms with van der Waals surface area (Å²) in [6, 6.07) is 0. The molecule has 0 aromatic carbocycles. The van der Waals surface area contributed by atoms with Crippen LogP contribution in [0.2, 0.25) is 0 Å². The van der Waals surface area contributed by atoms with Gasteiger partial charge in [0.15, 0.2) is 0 Å². The van der Waals surface area contributed by atoms with E-state index in [-0.39, 0.29) is 5.38 Å². The third kappa shape index (κ3) is 2.42. The molecule has 1 aromatic heterocycles. The first-order chi connectivity index (χ1) is 5.34. The molecule has 0 spiro atoms. The Balaban J connectivity index is 2.61. The molecule has 1 atom stereocenters. The molecule has 0 radical (unpaired) electrons. The van der Waals surface area contributed by atoms with Crippen LogP contribution in [0.15, 0.2) is 12.7 Å². The molecular weight excluding hydrogens is 162 g/mol. The van der Waals surface area contributed by atoms with E-state index in [1.54, 1.807) is 0 Å². The van der Waals surface area contributed by atoms with Crippen LogP contribution in [-0.2, 0) is 0 Å². The van der Waals surface area contributed by atoms with E-state index in [0.717, 1.165) is 12.8 Å². The summed E-state index contributed by atoms with van der Waals surface area (Å²) in [5, 5.41) is -0.0667. The Labute approximate surface area is 70.9 Å². The van der Waals surface area contributed by atoms with Gasteiger partial charge in [0.2, 0.25) is 0 Å². The SMILES string of the molecule is CCCC(Cl)c1ncncn1. The molecule has 11 heavy (non-hydrogen) atoms. The summed E-state index contributed by atoms with van der Waals surface area (Å²) in [4.78, 5) is 11.6. The summed E-state index contributed by atoms with van der Waals surface area (Å²) in [5.74, 6) is 0.670. The summed E-state index contributed by atoms with van der Waals surface area (Å²) in [5.41, 5.74) is 0. The number of nitrogens with zero attached hydrogens (tertiary/aromatic N) is 3. The van der Waals surface area contributed by atoms with Crippen molar-refractivity contribution in [3.8, 4) is 0 Å². The molecule has 0 bridgehead atoms. The summed E-state index contributed by atoms with van der Waals surface area (Å²) in [6.07, 6.45) is 4.88. The minimum atomic E-state index is -0.0667. The Morgan fingerprint density at radius 1 is 1.45 bits per heavy atom. The summed E-state index contributed by atoms with van der Waals surface area (Å²) < 4.78 is 0. The maximum absolute atomic E-state index is 5.95. The Morgan fingerprint density at radius 2 is 2.09 bits per heavy atom. The van der Waals surface area contributed by atoms with Crippen LogP contribution in [0, 0.1) is 0 Å². The number of hydrogen-bond donors (Lipinski definition) is 0. The van der Waals surface area contributed by atoms with Crippen LogP contribution < -0.4 is 0 Å². The first-order valence-corrected chi connectivity index (χ1v) is 4.04. The van der Waals surface area contributed by atoms with Crippen LogP contribution in [0.25, 0.3) is 0 Å². The van der Waals surface area contributed by atoms with E-state index >= 15 is 0 Å². The molecule has 1 heterocycles. The maximum atomic E-state index is 5.95. The second-order valence-electron chi connectivity index (χ2n) is 2.25. The lowest BCUT2D eigenvalue weighted by atomic mass is 10.2. The molecule has 0 aliphatic rings. The fourth-order valence-corrected chi connectivity index (χ4v) is 1.12. The van der Waals surface area contributed by atoms with E-state index < -0.39 is 0 Å². The lowest BCUT2D eigenvalue weighted by Gasteiger charge is -2.03. The van der Waals surface area contributed by atoms with Crippen molar-refractivity contribution in [3.05, 3.63) is 18.5 Å². The highest BCUT2D eigenvalue weighted by atomic mass is 35.5. The Bertz CT molecular complexity index is 202. The van der Waals surface area contributed by atoms with Gasteiger partial charge in [0, 0.05) is 0 Å². The summed E-state index contributed by atoms with van der Waals surface area (Å²) in [6.45, 7) is 2.08. The van der Waals surface area contributed by atoms with Gasteiger partial charge in [0.25, 0.3) is 0 Å². The fourth-order valence-electron chi connectivity index (χ4n) is 0.792. The molecule has 60 valence electrons. The number of alkyl halides is 1. The fraction of sp³-hybridized carbons (Fsp3) is 0.571. The van der Waals surface area contributed by atoms with Gasteiger partial charge in [-0.2, -0.15) is 0 Å². The zero-order chi connectivity index (χ0) is 8.10. The molecule has 0 saturated carbocycles. The highest BCUT2D eigenvalue weighted by Gasteiger charge is 2.07. The van der Waals surface area contributed by atoms with Crippen molar-refractivity contribution >= 4 is 11.6 Å². The van der Waals surface area contributed by atoms with Gasteiger partial charge >= 0.3 is 0 Å². The molecule has 0 saturated heterocycles. The van der Waals surface area contributed by atoms with E-state index in [0.29, 0.717) is 5.82 Å². The minimum Gasteiger partial charge on any atom is -0.225 e. The molecule has 0 amide bonds. The van der Waals surface area contributed by atoms with E-state index in [1.165, 1.54) is 12.7 Å². The van der Waals surface area contributed by atoms with Crippen LogP contribution in [0.5, 0.6) is 0 Å². The van der Waals surface area contributed by atoms with Crippen LogP contribution >= 0.6 is 11.6 Å². The lowest BCUT2D eigenvalue weighted by Crippen LogP contribution is -1.97. The van der Waals surface area contributed by atoms with Crippen molar-refractivity contribution in [2.75, 3.05) is 0 Å². The number of aromatic nitrogens is 3. The largest absolute Gasteiger partial charge is 0.225 e. The Kier molecular flexibility index (Phi) is 3.23. The molecule has 0 aliphatic heterocycles. The third-order valence-electron chi connectivity index (χ3n) is 1.34. The Morgan fingerprint density at radius 3 is 2.64 bits per heavy atom. The number of halogens is 1. The summed E-state index contributed by atoms with van der Waals surface area (Å²) in [7, 11) is 0. The molecule has 0 fully saturated rings. The maximum Gasteiger partial charge on any atom is 0.149 e. The predicted octanol–water partition coefficient (Wildman–Crippen LogP) is 1.95. The molecular formula is C7H10ClN3. The monoisotopic (exact) mass is 171 g/mol. The predicted molar refractivity (Wildman–Crippen MR) is 43.3 cm³/mol. The van der Waals surface area contributed by atoms with Crippen molar-refractivity contribution in [2.45, 2.75) is 25.1 Å². The van der Waals surface area contributed by atoms with Crippen molar-refractivity contribution in [3.63, 3.8) is 0 Å². The van der Waals surface area contributed by atoms with Gasteiger partial charge in [-0.1, -0.05) is 13.3 Å². The smallest absolute Gasteiger partial charge is 0.149 e. The zero-order valence-corrected chi connectivity index (χ0v) is 7.12. The molecule has 0 N–H and O–H groups in total. The average molecular weight is 172 g/mol. The average Bonchev–Trinajstić information content (AvgIpc) is 2.07. The first kappa shape index (κ1) is 8.40. The first-order valence-electron chi connectivity index (χ1n) is 3.60.